The average Bonchev–Trinajstić information content (AvgIpc) is 2.89. The van der Waals surface area contributed by atoms with Gasteiger partial charge in [0.1, 0.15) is 6.04 Å². The summed E-state index contributed by atoms with van der Waals surface area (Å²) in [5.41, 5.74) is 4.92. The predicted molar refractivity (Wildman–Crippen MR) is 146 cm³/mol. The van der Waals surface area contributed by atoms with Crippen LogP contribution in [0.4, 0.5) is 0 Å². The number of aromatic nitrogens is 2. The third-order valence-corrected chi connectivity index (χ3v) is 6.35. The van der Waals surface area contributed by atoms with E-state index in [0.717, 1.165) is 27.8 Å². The maximum Gasteiger partial charge on any atom is 0.326 e. The van der Waals surface area contributed by atoms with Gasteiger partial charge in [-0.25, -0.2) is 14.8 Å². The van der Waals surface area contributed by atoms with Gasteiger partial charge in [-0.05, 0) is 46.4 Å². The van der Waals surface area contributed by atoms with Crippen LogP contribution in [0, 0.1) is 0 Å². The van der Waals surface area contributed by atoms with Crippen molar-refractivity contribution in [1.82, 2.24) is 15.3 Å². The molecule has 7 heteroatoms. The fourth-order valence-corrected chi connectivity index (χ4v) is 3.98. The van der Waals surface area contributed by atoms with E-state index in [2.05, 4.69) is 36.1 Å². The molecule has 0 saturated heterocycles. The number of amides is 1. The molecule has 0 spiro atoms. The Morgan fingerprint density at radius 1 is 0.838 bits per heavy atom. The van der Waals surface area contributed by atoms with Gasteiger partial charge in [-0.1, -0.05) is 80.9 Å². The lowest BCUT2D eigenvalue weighted by molar-refractivity contribution is -0.139. The van der Waals surface area contributed by atoms with Crippen molar-refractivity contribution >= 4 is 23.5 Å². The summed E-state index contributed by atoms with van der Waals surface area (Å²) in [4.78, 5) is 33.5. The van der Waals surface area contributed by atoms with E-state index >= 15 is 0 Å². The summed E-state index contributed by atoms with van der Waals surface area (Å²) < 4.78 is 0. The highest BCUT2D eigenvalue weighted by Crippen LogP contribution is 2.24. The molecule has 0 fully saturated rings. The maximum atomic E-state index is 12.7. The quantitative estimate of drug-likeness (QED) is 0.307. The molecule has 0 unspecified atom stereocenters. The summed E-state index contributed by atoms with van der Waals surface area (Å²) in [5.74, 6) is -0.949. The van der Waals surface area contributed by atoms with Gasteiger partial charge >= 0.3 is 5.97 Å². The zero-order chi connectivity index (χ0) is 26.6. The maximum absolute atomic E-state index is 12.7. The smallest absolute Gasteiger partial charge is 0.326 e. The van der Waals surface area contributed by atoms with Crippen molar-refractivity contribution in [2.24, 2.45) is 0 Å². The molecule has 6 nitrogen and oxygen atoms in total. The molecule has 1 aromatic heterocycles. The van der Waals surface area contributed by atoms with Crippen molar-refractivity contribution in [2.45, 2.75) is 38.6 Å². The summed E-state index contributed by atoms with van der Waals surface area (Å²) in [6, 6.07) is 21.0. The summed E-state index contributed by atoms with van der Waals surface area (Å²) >= 11 is 5.95. The van der Waals surface area contributed by atoms with Crippen molar-refractivity contribution in [3.63, 3.8) is 0 Å². The van der Waals surface area contributed by atoms with Gasteiger partial charge in [0.15, 0.2) is 5.82 Å². The summed E-state index contributed by atoms with van der Waals surface area (Å²) in [7, 11) is 0. The number of aliphatic carboxylic acids is 1. The normalized spacial score (nSPS) is 12.1. The van der Waals surface area contributed by atoms with Crippen molar-refractivity contribution in [3.05, 3.63) is 107 Å². The molecule has 0 bridgehead atoms. The molecular weight excluding hydrogens is 486 g/mol. The second-order valence-electron chi connectivity index (χ2n) is 9.89. The number of carbonyl (C=O) groups is 2. The van der Waals surface area contributed by atoms with E-state index in [1.807, 2.05) is 60.7 Å². The van der Waals surface area contributed by atoms with Crippen LogP contribution in [0.3, 0.4) is 0 Å². The van der Waals surface area contributed by atoms with E-state index in [-0.39, 0.29) is 11.8 Å². The topological polar surface area (TPSA) is 92.2 Å². The molecular formula is C30H28ClN3O3. The number of nitrogens with one attached hydrogen (secondary N) is 1. The van der Waals surface area contributed by atoms with Gasteiger partial charge < -0.3 is 10.4 Å². The van der Waals surface area contributed by atoms with E-state index in [1.54, 1.807) is 24.5 Å². The molecule has 2 N–H and O–H groups in total. The largest absolute Gasteiger partial charge is 0.480 e. The number of carboxylic acids is 1. The molecule has 1 heterocycles. The number of carbonyl (C=O) groups excluding carboxylic acids is 1. The van der Waals surface area contributed by atoms with Crippen LogP contribution in [0.2, 0.25) is 5.02 Å². The van der Waals surface area contributed by atoms with Crippen molar-refractivity contribution in [3.8, 4) is 22.5 Å². The second-order valence-corrected chi connectivity index (χ2v) is 10.3. The fourth-order valence-electron chi connectivity index (χ4n) is 3.86. The SMILES string of the molecule is CC(C)(C)c1ccc(C(=O)N[C@@H](Cc2ccc(-c3ncc(-c4ccc(Cl)cc4)cn3)cc2)C(=O)O)cc1. The molecule has 0 saturated carbocycles. The summed E-state index contributed by atoms with van der Waals surface area (Å²) in [6.45, 7) is 6.28. The number of nitrogens with zero attached hydrogens (tertiary/aromatic N) is 2. The first kappa shape index (κ1) is 26.0. The minimum absolute atomic E-state index is 0.0332. The van der Waals surface area contributed by atoms with Gasteiger partial charge in [0.05, 0.1) is 0 Å². The van der Waals surface area contributed by atoms with Crippen molar-refractivity contribution < 1.29 is 14.7 Å². The van der Waals surface area contributed by atoms with Gasteiger partial charge in [-0.15, -0.1) is 0 Å². The van der Waals surface area contributed by atoms with E-state index < -0.39 is 17.9 Å². The molecule has 188 valence electrons. The van der Waals surface area contributed by atoms with Gasteiger partial charge in [0, 0.05) is 40.5 Å². The third-order valence-electron chi connectivity index (χ3n) is 6.10. The van der Waals surface area contributed by atoms with Crippen LogP contribution < -0.4 is 5.32 Å². The first-order chi connectivity index (χ1) is 17.6. The highest BCUT2D eigenvalue weighted by atomic mass is 35.5. The fraction of sp³-hybridized carbons (Fsp3) is 0.200. The molecule has 0 aliphatic heterocycles. The molecule has 3 aromatic carbocycles. The Morgan fingerprint density at radius 2 is 1.41 bits per heavy atom. The summed E-state index contributed by atoms with van der Waals surface area (Å²) in [6.07, 6.45) is 3.66. The van der Waals surface area contributed by atoms with E-state index in [1.165, 1.54) is 0 Å². The van der Waals surface area contributed by atoms with Gasteiger partial charge in [0.25, 0.3) is 5.91 Å². The average molecular weight is 514 g/mol. The minimum atomic E-state index is -1.09. The third kappa shape index (κ3) is 6.60. The Balaban J connectivity index is 1.42. The Hall–Kier alpha value is -4.03. The van der Waals surface area contributed by atoms with Crippen LogP contribution in [0.15, 0.2) is 85.2 Å². The zero-order valence-corrected chi connectivity index (χ0v) is 21.7. The van der Waals surface area contributed by atoms with Crippen LogP contribution in [-0.4, -0.2) is 33.0 Å². The van der Waals surface area contributed by atoms with Crippen LogP contribution in [0.5, 0.6) is 0 Å². The van der Waals surface area contributed by atoms with E-state index in [0.29, 0.717) is 16.4 Å². The van der Waals surface area contributed by atoms with Gasteiger partial charge in [0.2, 0.25) is 0 Å². The molecule has 37 heavy (non-hydrogen) atoms. The highest BCUT2D eigenvalue weighted by Gasteiger charge is 2.22. The Morgan fingerprint density at radius 3 is 1.95 bits per heavy atom. The summed E-state index contributed by atoms with van der Waals surface area (Å²) in [5, 5.41) is 13.0. The molecule has 0 aliphatic carbocycles. The zero-order valence-electron chi connectivity index (χ0n) is 20.9. The van der Waals surface area contributed by atoms with Crippen LogP contribution in [0.1, 0.15) is 42.3 Å². The number of rotatable bonds is 7. The minimum Gasteiger partial charge on any atom is -0.480 e. The predicted octanol–water partition coefficient (Wildman–Crippen LogP) is 6.19. The second kappa shape index (κ2) is 10.9. The van der Waals surface area contributed by atoms with E-state index in [9.17, 15) is 14.7 Å². The molecule has 0 aliphatic rings. The standard InChI is InChI=1S/C30H28ClN3O3/c1-30(2,3)24-12-8-22(9-13-24)28(35)34-26(29(36)37)16-19-4-6-21(7-5-19)27-32-17-23(18-33-27)20-10-14-25(31)15-11-20/h4-15,17-18,26H,16H2,1-3H3,(H,34,35)(H,36,37)/t26-/m0/s1. The Labute approximate surface area is 221 Å². The first-order valence-corrected chi connectivity index (χ1v) is 12.3. The van der Waals surface area contributed by atoms with Crippen LogP contribution in [0.25, 0.3) is 22.5 Å². The molecule has 0 radical (unpaired) electrons. The number of carboxylic acid groups (broad SMARTS) is 1. The highest BCUT2D eigenvalue weighted by molar-refractivity contribution is 6.30. The molecule has 4 aromatic rings. The van der Waals surface area contributed by atoms with Gasteiger partial charge in [-0.2, -0.15) is 0 Å². The van der Waals surface area contributed by atoms with Crippen LogP contribution in [-0.2, 0) is 16.6 Å². The lowest BCUT2D eigenvalue weighted by atomic mass is 9.86. The number of hydrogen-bond donors (Lipinski definition) is 2. The Bertz CT molecular complexity index is 1380. The first-order valence-electron chi connectivity index (χ1n) is 11.9. The Kier molecular flexibility index (Phi) is 7.69. The number of benzene rings is 3. The van der Waals surface area contributed by atoms with Crippen molar-refractivity contribution in [1.29, 1.82) is 0 Å². The lowest BCUT2D eigenvalue weighted by Crippen LogP contribution is -2.42. The molecule has 4 rings (SSSR count). The van der Waals surface area contributed by atoms with Gasteiger partial charge in [-0.3, -0.25) is 4.79 Å². The van der Waals surface area contributed by atoms with E-state index in [4.69, 9.17) is 11.6 Å². The molecule has 1 amide bonds. The lowest BCUT2D eigenvalue weighted by Gasteiger charge is -2.19. The van der Waals surface area contributed by atoms with Crippen LogP contribution >= 0.6 is 11.6 Å². The van der Waals surface area contributed by atoms with Crippen molar-refractivity contribution in [2.75, 3.05) is 0 Å². The molecule has 1 atom stereocenters. The monoisotopic (exact) mass is 513 g/mol. The number of hydrogen-bond acceptors (Lipinski definition) is 4. The number of halogens is 1.